The van der Waals surface area contributed by atoms with Crippen molar-refractivity contribution in [2.24, 2.45) is 5.73 Å². The number of hydrogen-bond donors (Lipinski definition) is 1. The monoisotopic (exact) mass is 267 g/mol. The molecule has 1 aromatic carbocycles. The second kappa shape index (κ2) is 4.32. The molecular formula is C14H18ClNO2. The van der Waals surface area contributed by atoms with Crippen LogP contribution in [0.2, 0.25) is 5.02 Å². The Hall–Kier alpha value is -0.930. The third kappa shape index (κ3) is 2.06. The first-order valence-corrected chi connectivity index (χ1v) is 6.89. The molecule has 98 valence electrons. The second-order valence-electron chi connectivity index (χ2n) is 5.24. The molecule has 3 nitrogen and oxygen atoms in total. The van der Waals surface area contributed by atoms with E-state index in [0.717, 1.165) is 31.4 Å². The van der Waals surface area contributed by atoms with E-state index in [4.69, 9.17) is 26.8 Å². The molecule has 0 spiro atoms. The van der Waals surface area contributed by atoms with Gasteiger partial charge < -0.3 is 15.2 Å². The Bertz CT molecular complexity index is 483. The molecule has 1 aliphatic carbocycles. The minimum absolute atomic E-state index is 0.0169. The number of nitrogens with two attached hydrogens (primary N) is 1. The largest absolute Gasteiger partial charge is 0.486 e. The van der Waals surface area contributed by atoms with Gasteiger partial charge in [0.05, 0.1) is 5.02 Å². The molecule has 0 aromatic heterocycles. The summed E-state index contributed by atoms with van der Waals surface area (Å²) >= 11 is 6.28. The minimum atomic E-state index is -0.0169. The van der Waals surface area contributed by atoms with Crippen molar-refractivity contribution in [3.8, 4) is 11.5 Å². The minimum Gasteiger partial charge on any atom is -0.486 e. The standard InChI is InChI=1S/C14H18ClNO2/c1-2-10-9(8-14(16)3-4-14)7-11(15)13-12(10)17-5-6-18-13/h7H,2-6,8,16H2,1H3. The average Bonchev–Trinajstić information content (AvgIpc) is 3.07. The maximum Gasteiger partial charge on any atom is 0.180 e. The van der Waals surface area contributed by atoms with Crippen molar-refractivity contribution in [2.75, 3.05) is 13.2 Å². The van der Waals surface area contributed by atoms with Crippen molar-refractivity contribution in [3.05, 3.63) is 22.2 Å². The molecule has 0 unspecified atom stereocenters. The predicted molar refractivity (Wildman–Crippen MR) is 71.7 cm³/mol. The summed E-state index contributed by atoms with van der Waals surface area (Å²) in [5.74, 6) is 1.53. The zero-order valence-corrected chi connectivity index (χ0v) is 11.3. The number of benzene rings is 1. The summed E-state index contributed by atoms with van der Waals surface area (Å²) in [5, 5.41) is 0.640. The summed E-state index contributed by atoms with van der Waals surface area (Å²) in [4.78, 5) is 0. The molecule has 1 saturated carbocycles. The Morgan fingerprint density at radius 2 is 1.94 bits per heavy atom. The molecule has 2 N–H and O–H groups in total. The van der Waals surface area contributed by atoms with Crippen LogP contribution in [-0.2, 0) is 12.8 Å². The lowest BCUT2D eigenvalue weighted by molar-refractivity contribution is 0.170. The highest BCUT2D eigenvalue weighted by molar-refractivity contribution is 6.32. The van der Waals surface area contributed by atoms with Gasteiger partial charge in [0.25, 0.3) is 0 Å². The molecule has 3 rings (SSSR count). The molecule has 1 aromatic rings. The van der Waals surface area contributed by atoms with E-state index in [-0.39, 0.29) is 5.54 Å². The lowest BCUT2D eigenvalue weighted by Gasteiger charge is -2.24. The van der Waals surface area contributed by atoms with E-state index in [1.165, 1.54) is 11.1 Å². The number of rotatable bonds is 3. The first-order chi connectivity index (χ1) is 8.63. The molecule has 18 heavy (non-hydrogen) atoms. The molecule has 1 heterocycles. The maximum atomic E-state index is 6.28. The van der Waals surface area contributed by atoms with Crippen molar-refractivity contribution < 1.29 is 9.47 Å². The van der Waals surface area contributed by atoms with Crippen molar-refractivity contribution in [3.63, 3.8) is 0 Å². The first kappa shape index (κ1) is 12.1. The molecule has 0 radical (unpaired) electrons. The van der Waals surface area contributed by atoms with Crippen LogP contribution in [0.15, 0.2) is 6.07 Å². The van der Waals surface area contributed by atoms with Crippen molar-refractivity contribution in [1.29, 1.82) is 0 Å². The first-order valence-electron chi connectivity index (χ1n) is 6.52. The van der Waals surface area contributed by atoms with Crippen LogP contribution in [0.3, 0.4) is 0 Å². The van der Waals surface area contributed by atoms with Gasteiger partial charge in [0.15, 0.2) is 11.5 Å². The molecular weight excluding hydrogens is 250 g/mol. The highest BCUT2D eigenvalue weighted by Gasteiger charge is 2.39. The van der Waals surface area contributed by atoms with Crippen LogP contribution in [0.1, 0.15) is 30.9 Å². The number of ether oxygens (including phenoxy) is 2. The van der Waals surface area contributed by atoms with Gasteiger partial charge in [0, 0.05) is 11.1 Å². The highest BCUT2D eigenvalue weighted by Crippen LogP contribution is 2.45. The van der Waals surface area contributed by atoms with Crippen LogP contribution in [-0.4, -0.2) is 18.8 Å². The molecule has 1 aliphatic heterocycles. The van der Waals surface area contributed by atoms with Gasteiger partial charge in [-0.15, -0.1) is 0 Å². The van der Waals surface area contributed by atoms with Gasteiger partial charge >= 0.3 is 0 Å². The molecule has 4 heteroatoms. The van der Waals surface area contributed by atoms with Gasteiger partial charge in [-0.1, -0.05) is 18.5 Å². The van der Waals surface area contributed by atoms with E-state index in [1.807, 2.05) is 6.07 Å². The van der Waals surface area contributed by atoms with E-state index in [2.05, 4.69) is 6.92 Å². The summed E-state index contributed by atoms with van der Waals surface area (Å²) in [7, 11) is 0. The Labute approximate surface area is 112 Å². The Balaban J connectivity index is 2.05. The zero-order chi connectivity index (χ0) is 12.8. The topological polar surface area (TPSA) is 44.5 Å². The fourth-order valence-corrected chi connectivity index (χ4v) is 2.81. The molecule has 0 amide bonds. The predicted octanol–water partition coefficient (Wildman–Crippen LogP) is 2.71. The van der Waals surface area contributed by atoms with Gasteiger partial charge in [0.2, 0.25) is 0 Å². The molecule has 0 saturated heterocycles. The third-order valence-electron chi connectivity index (χ3n) is 3.75. The SMILES string of the molecule is CCc1c(CC2(N)CC2)cc(Cl)c2c1OCCO2. The zero-order valence-electron chi connectivity index (χ0n) is 10.6. The summed E-state index contributed by atoms with van der Waals surface area (Å²) in [6, 6.07) is 2.00. The van der Waals surface area contributed by atoms with Gasteiger partial charge in [-0.05, 0) is 37.3 Å². The third-order valence-corrected chi connectivity index (χ3v) is 4.03. The van der Waals surface area contributed by atoms with E-state index in [0.29, 0.717) is 24.0 Å². The smallest absolute Gasteiger partial charge is 0.180 e. The highest BCUT2D eigenvalue weighted by atomic mass is 35.5. The van der Waals surface area contributed by atoms with Crippen molar-refractivity contribution in [2.45, 2.75) is 38.1 Å². The van der Waals surface area contributed by atoms with Gasteiger partial charge in [-0.2, -0.15) is 0 Å². The summed E-state index contributed by atoms with van der Waals surface area (Å²) in [6.45, 7) is 3.28. The Morgan fingerprint density at radius 1 is 1.28 bits per heavy atom. The van der Waals surface area contributed by atoms with Crippen LogP contribution < -0.4 is 15.2 Å². The van der Waals surface area contributed by atoms with Crippen molar-refractivity contribution >= 4 is 11.6 Å². The average molecular weight is 268 g/mol. The fraction of sp³-hybridized carbons (Fsp3) is 0.571. The van der Waals surface area contributed by atoms with E-state index in [1.54, 1.807) is 0 Å². The van der Waals surface area contributed by atoms with Crippen LogP contribution in [0.4, 0.5) is 0 Å². The summed E-state index contributed by atoms with van der Waals surface area (Å²) in [6.07, 6.45) is 3.99. The molecule has 0 atom stereocenters. The van der Waals surface area contributed by atoms with Gasteiger partial charge in [-0.3, -0.25) is 0 Å². The van der Waals surface area contributed by atoms with Gasteiger partial charge in [-0.25, -0.2) is 0 Å². The van der Waals surface area contributed by atoms with E-state index < -0.39 is 0 Å². The Morgan fingerprint density at radius 3 is 2.56 bits per heavy atom. The number of hydrogen-bond acceptors (Lipinski definition) is 3. The fourth-order valence-electron chi connectivity index (χ4n) is 2.53. The number of halogens is 1. The lowest BCUT2D eigenvalue weighted by Crippen LogP contribution is -2.26. The lowest BCUT2D eigenvalue weighted by atomic mass is 9.96. The van der Waals surface area contributed by atoms with Crippen LogP contribution >= 0.6 is 11.6 Å². The second-order valence-corrected chi connectivity index (χ2v) is 5.65. The molecule has 2 aliphatic rings. The summed E-state index contributed by atoms with van der Waals surface area (Å²) < 4.78 is 11.4. The van der Waals surface area contributed by atoms with E-state index >= 15 is 0 Å². The molecule has 0 bridgehead atoms. The molecule has 1 fully saturated rings. The van der Waals surface area contributed by atoms with Crippen LogP contribution in [0.5, 0.6) is 11.5 Å². The number of fused-ring (bicyclic) bond motifs is 1. The van der Waals surface area contributed by atoms with Crippen LogP contribution in [0, 0.1) is 0 Å². The van der Waals surface area contributed by atoms with Crippen LogP contribution in [0.25, 0.3) is 0 Å². The maximum absolute atomic E-state index is 6.28. The Kier molecular flexibility index (Phi) is 2.91. The normalized spacial score (nSPS) is 19.7. The van der Waals surface area contributed by atoms with Crippen molar-refractivity contribution in [1.82, 2.24) is 0 Å². The van der Waals surface area contributed by atoms with Gasteiger partial charge in [0.1, 0.15) is 13.2 Å². The van der Waals surface area contributed by atoms with E-state index in [9.17, 15) is 0 Å². The quantitative estimate of drug-likeness (QED) is 0.916. The summed E-state index contributed by atoms with van der Waals surface area (Å²) in [5.41, 5.74) is 8.61.